The van der Waals surface area contributed by atoms with Crippen LogP contribution in [0.3, 0.4) is 0 Å². The SMILES string of the molecule is Cc1cc(C)c(C(=N)N)c(N2CCC(C)(O)CC2)n1. The number of hydrogen-bond acceptors (Lipinski definition) is 4. The second-order valence-corrected chi connectivity index (χ2v) is 5.68. The Balaban J connectivity index is 2.37. The van der Waals surface area contributed by atoms with Crippen LogP contribution >= 0.6 is 0 Å². The minimum absolute atomic E-state index is 0.0531. The van der Waals surface area contributed by atoms with Crippen LogP contribution in [0, 0.1) is 19.3 Å². The van der Waals surface area contributed by atoms with Crippen molar-refractivity contribution in [3.05, 3.63) is 22.9 Å². The minimum Gasteiger partial charge on any atom is -0.390 e. The monoisotopic (exact) mass is 262 g/mol. The zero-order chi connectivity index (χ0) is 14.2. The standard InChI is InChI=1S/C14H22N4O/c1-9-8-10(2)17-13(11(9)12(15)16)18-6-4-14(3,19)5-7-18/h8,19H,4-7H2,1-3H3,(H3,15,16). The topological polar surface area (TPSA) is 86.2 Å². The molecule has 0 radical (unpaired) electrons. The molecule has 1 saturated heterocycles. The summed E-state index contributed by atoms with van der Waals surface area (Å²) in [6, 6.07) is 1.94. The van der Waals surface area contributed by atoms with Gasteiger partial charge in [-0.1, -0.05) is 0 Å². The highest BCUT2D eigenvalue weighted by molar-refractivity contribution is 6.01. The number of aliphatic hydroxyl groups is 1. The molecule has 0 unspecified atom stereocenters. The average molecular weight is 262 g/mol. The lowest BCUT2D eigenvalue weighted by Crippen LogP contribution is -2.43. The lowest BCUT2D eigenvalue weighted by atomic mass is 9.93. The molecular formula is C14H22N4O. The average Bonchev–Trinajstić information content (AvgIpc) is 2.26. The number of nitrogen functional groups attached to an aromatic ring is 1. The largest absolute Gasteiger partial charge is 0.390 e. The van der Waals surface area contributed by atoms with Crippen molar-refractivity contribution >= 4 is 11.7 Å². The molecule has 0 aromatic carbocycles. The molecule has 4 N–H and O–H groups in total. The zero-order valence-electron chi connectivity index (χ0n) is 11.8. The van der Waals surface area contributed by atoms with Gasteiger partial charge in [-0.05, 0) is 45.2 Å². The van der Waals surface area contributed by atoms with Crippen LogP contribution in [0.5, 0.6) is 0 Å². The molecule has 1 aliphatic heterocycles. The van der Waals surface area contributed by atoms with Crippen molar-refractivity contribution in [2.75, 3.05) is 18.0 Å². The Morgan fingerprint density at radius 2 is 2.00 bits per heavy atom. The first kappa shape index (κ1) is 13.8. The van der Waals surface area contributed by atoms with E-state index in [1.165, 1.54) is 0 Å². The maximum atomic E-state index is 10.0. The van der Waals surface area contributed by atoms with Gasteiger partial charge in [0.2, 0.25) is 0 Å². The maximum Gasteiger partial charge on any atom is 0.140 e. The highest BCUT2D eigenvalue weighted by Crippen LogP contribution is 2.28. The molecule has 0 spiro atoms. The molecule has 5 heteroatoms. The van der Waals surface area contributed by atoms with Crippen molar-refractivity contribution in [2.45, 2.75) is 39.2 Å². The summed E-state index contributed by atoms with van der Waals surface area (Å²) in [7, 11) is 0. The Labute approximate surface area is 114 Å². The molecule has 1 fully saturated rings. The molecule has 5 nitrogen and oxygen atoms in total. The summed E-state index contributed by atoms with van der Waals surface area (Å²) in [4.78, 5) is 6.67. The summed E-state index contributed by atoms with van der Waals surface area (Å²) in [5.41, 5.74) is 7.72. The summed E-state index contributed by atoms with van der Waals surface area (Å²) >= 11 is 0. The van der Waals surface area contributed by atoms with E-state index in [4.69, 9.17) is 11.1 Å². The van der Waals surface area contributed by atoms with Crippen LogP contribution < -0.4 is 10.6 Å². The number of pyridine rings is 1. The van der Waals surface area contributed by atoms with Gasteiger partial charge >= 0.3 is 0 Å². The fourth-order valence-corrected chi connectivity index (χ4v) is 2.58. The first-order chi connectivity index (χ1) is 8.80. The number of rotatable bonds is 2. The molecule has 0 saturated carbocycles. The van der Waals surface area contributed by atoms with E-state index < -0.39 is 5.60 Å². The van der Waals surface area contributed by atoms with Gasteiger partial charge in [-0.2, -0.15) is 0 Å². The predicted molar refractivity (Wildman–Crippen MR) is 76.8 cm³/mol. The van der Waals surface area contributed by atoms with Crippen LogP contribution in [-0.4, -0.2) is 34.6 Å². The normalized spacial score (nSPS) is 18.4. The van der Waals surface area contributed by atoms with Gasteiger partial charge in [-0.3, -0.25) is 5.41 Å². The van der Waals surface area contributed by atoms with E-state index in [1.54, 1.807) is 0 Å². The fraction of sp³-hybridized carbons (Fsp3) is 0.571. The Morgan fingerprint density at radius 3 is 2.53 bits per heavy atom. The lowest BCUT2D eigenvalue weighted by Gasteiger charge is -2.37. The van der Waals surface area contributed by atoms with E-state index >= 15 is 0 Å². The minimum atomic E-state index is -0.592. The predicted octanol–water partition coefficient (Wildman–Crippen LogP) is 1.33. The van der Waals surface area contributed by atoms with Crippen LogP contribution in [0.15, 0.2) is 6.07 Å². The van der Waals surface area contributed by atoms with Crippen molar-refractivity contribution < 1.29 is 5.11 Å². The van der Waals surface area contributed by atoms with E-state index in [1.807, 2.05) is 26.8 Å². The molecule has 0 amide bonds. The van der Waals surface area contributed by atoms with Crippen LogP contribution in [-0.2, 0) is 0 Å². The number of hydrogen-bond donors (Lipinski definition) is 3. The van der Waals surface area contributed by atoms with E-state index in [0.29, 0.717) is 18.4 Å². The number of nitrogens with zero attached hydrogens (tertiary/aromatic N) is 2. The number of anilines is 1. The quantitative estimate of drug-likeness (QED) is 0.554. The van der Waals surface area contributed by atoms with Gasteiger partial charge in [-0.15, -0.1) is 0 Å². The van der Waals surface area contributed by atoms with Gasteiger partial charge < -0.3 is 15.7 Å². The third-order valence-electron chi connectivity index (χ3n) is 3.74. The molecule has 2 heterocycles. The summed E-state index contributed by atoms with van der Waals surface area (Å²) in [5, 5.41) is 17.8. The van der Waals surface area contributed by atoms with Crippen molar-refractivity contribution in [1.29, 1.82) is 5.41 Å². The van der Waals surface area contributed by atoms with E-state index in [9.17, 15) is 5.11 Å². The van der Waals surface area contributed by atoms with Crippen molar-refractivity contribution in [1.82, 2.24) is 4.98 Å². The molecular weight excluding hydrogens is 240 g/mol. The Bertz CT molecular complexity index is 500. The first-order valence-corrected chi connectivity index (χ1v) is 6.60. The second kappa shape index (κ2) is 4.81. The summed E-state index contributed by atoms with van der Waals surface area (Å²) < 4.78 is 0. The van der Waals surface area contributed by atoms with Crippen LogP contribution in [0.1, 0.15) is 36.6 Å². The highest BCUT2D eigenvalue weighted by Gasteiger charge is 2.29. The number of nitrogens with one attached hydrogen (secondary N) is 1. The van der Waals surface area contributed by atoms with Crippen molar-refractivity contribution in [3.8, 4) is 0 Å². The molecule has 104 valence electrons. The molecule has 1 aliphatic rings. The highest BCUT2D eigenvalue weighted by atomic mass is 16.3. The summed E-state index contributed by atoms with van der Waals surface area (Å²) in [5.74, 6) is 0.831. The van der Waals surface area contributed by atoms with Crippen molar-refractivity contribution in [2.24, 2.45) is 5.73 Å². The van der Waals surface area contributed by atoms with E-state index in [0.717, 1.165) is 30.2 Å². The van der Waals surface area contributed by atoms with E-state index in [-0.39, 0.29) is 5.84 Å². The van der Waals surface area contributed by atoms with Gasteiger partial charge in [-0.25, -0.2) is 4.98 Å². The number of piperidine rings is 1. The molecule has 2 rings (SSSR count). The van der Waals surface area contributed by atoms with Gasteiger partial charge in [0, 0.05) is 18.8 Å². The summed E-state index contributed by atoms with van der Waals surface area (Å²) in [6.45, 7) is 7.24. The molecule has 19 heavy (non-hydrogen) atoms. The fourth-order valence-electron chi connectivity index (χ4n) is 2.58. The van der Waals surface area contributed by atoms with Crippen LogP contribution in [0.4, 0.5) is 5.82 Å². The Morgan fingerprint density at radius 1 is 1.42 bits per heavy atom. The van der Waals surface area contributed by atoms with E-state index in [2.05, 4.69) is 9.88 Å². The Hall–Kier alpha value is -1.62. The van der Waals surface area contributed by atoms with Gasteiger partial charge in [0.05, 0.1) is 11.2 Å². The van der Waals surface area contributed by atoms with Gasteiger partial charge in [0.1, 0.15) is 11.7 Å². The first-order valence-electron chi connectivity index (χ1n) is 6.60. The van der Waals surface area contributed by atoms with Crippen LogP contribution in [0.25, 0.3) is 0 Å². The van der Waals surface area contributed by atoms with Gasteiger partial charge in [0.15, 0.2) is 0 Å². The number of aromatic nitrogens is 1. The molecule has 0 bridgehead atoms. The number of amidine groups is 1. The number of aryl methyl sites for hydroxylation is 2. The molecule has 0 atom stereocenters. The number of nitrogens with two attached hydrogens (primary N) is 1. The lowest BCUT2D eigenvalue weighted by molar-refractivity contribution is 0.0350. The zero-order valence-corrected chi connectivity index (χ0v) is 11.8. The molecule has 0 aliphatic carbocycles. The van der Waals surface area contributed by atoms with Gasteiger partial charge in [0.25, 0.3) is 0 Å². The van der Waals surface area contributed by atoms with Crippen molar-refractivity contribution in [3.63, 3.8) is 0 Å². The molecule has 1 aromatic heterocycles. The third kappa shape index (κ3) is 2.87. The summed E-state index contributed by atoms with van der Waals surface area (Å²) in [6.07, 6.45) is 1.41. The van der Waals surface area contributed by atoms with Crippen LogP contribution in [0.2, 0.25) is 0 Å². The maximum absolute atomic E-state index is 10.0. The molecule has 1 aromatic rings. The second-order valence-electron chi connectivity index (χ2n) is 5.68. The Kier molecular flexibility index (Phi) is 3.49. The smallest absolute Gasteiger partial charge is 0.140 e. The third-order valence-corrected chi connectivity index (χ3v) is 3.74.